The van der Waals surface area contributed by atoms with E-state index >= 15 is 0 Å². The van der Waals surface area contributed by atoms with Crippen molar-refractivity contribution in [2.24, 2.45) is 0 Å². The average molecular weight is 220 g/mol. The van der Waals surface area contributed by atoms with Gasteiger partial charge in [0.2, 0.25) is 0 Å². The van der Waals surface area contributed by atoms with Gasteiger partial charge in [-0.1, -0.05) is 6.07 Å². The predicted octanol–water partition coefficient (Wildman–Crippen LogP) is 2.80. The molecule has 4 heteroatoms. The molecule has 0 aliphatic carbocycles. The van der Waals surface area contributed by atoms with Crippen LogP contribution >= 0.6 is 0 Å². The molecule has 0 amide bonds. The SMILES string of the molecule is Nc1ccc(-c2ccc(N)c(F)c2)c(F)c1. The summed E-state index contributed by atoms with van der Waals surface area (Å²) in [4.78, 5) is 0. The van der Waals surface area contributed by atoms with E-state index in [1.165, 1.54) is 24.3 Å². The second-order valence-corrected chi connectivity index (χ2v) is 3.48. The molecule has 0 aliphatic rings. The maximum atomic E-state index is 13.5. The Morgan fingerprint density at radius 3 is 2.19 bits per heavy atom. The van der Waals surface area contributed by atoms with Gasteiger partial charge >= 0.3 is 0 Å². The molecule has 0 radical (unpaired) electrons. The van der Waals surface area contributed by atoms with Gasteiger partial charge in [-0.15, -0.1) is 0 Å². The van der Waals surface area contributed by atoms with E-state index in [-0.39, 0.29) is 5.69 Å². The minimum atomic E-state index is -0.561. The standard InChI is InChI=1S/C12H10F2N2/c13-10-6-8(15)2-3-9(10)7-1-4-12(16)11(14)5-7/h1-6H,15-16H2. The van der Waals surface area contributed by atoms with Crippen LogP contribution in [0.5, 0.6) is 0 Å². The summed E-state index contributed by atoms with van der Waals surface area (Å²) < 4.78 is 26.7. The fourth-order valence-electron chi connectivity index (χ4n) is 1.46. The van der Waals surface area contributed by atoms with Crippen molar-refractivity contribution in [1.29, 1.82) is 0 Å². The van der Waals surface area contributed by atoms with Crippen LogP contribution in [0.25, 0.3) is 11.1 Å². The van der Waals surface area contributed by atoms with E-state index < -0.39 is 11.6 Å². The highest BCUT2D eigenvalue weighted by Crippen LogP contribution is 2.26. The summed E-state index contributed by atoms with van der Waals surface area (Å²) in [5.41, 5.74) is 11.9. The van der Waals surface area contributed by atoms with E-state index in [2.05, 4.69) is 0 Å². The van der Waals surface area contributed by atoms with Gasteiger partial charge in [0.05, 0.1) is 5.69 Å². The third kappa shape index (κ3) is 1.82. The first-order valence-corrected chi connectivity index (χ1v) is 4.68. The number of nitrogens with two attached hydrogens (primary N) is 2. The van der Waals surface area contributed by atoms with Crippen LogP contribution in [0, 0.1) is 11.6 Å². The van der Waals surface area contributed by atoms with E-state index in [1.54, 1.807) is 12.1 Å². The minimum absolute atomic E-state index is 0.0413. The molecule has 0 spiro atoms. The molecule has 2 aromatic rings. The first-order chi connectivity index (χ1) is 7.58. The highest BCUT2D eigenvalue weighted by Gasteiger charge is 2.07. The number of benzene rings is 2. The minimum Gasteiger partial charge on any atom is -0.399 e. The van der Waals surface area contributed by atoms with Crippen molar-refractivity contribution in [2.75, 3.05) is 11.5 Å². The van der Waals surface area contributed by atoms with Crippen LogP contribution in [0.15, 0.2) is 36.4 Å². The van der Waals surface area contributed by atoms with Gasteiger partial charge in [0, 0.05) is 11.3 Å². The Bertz CT molecular complexity index is 539. The Hall–Kier alpha value is -2.10. The van der Waals surface area contributed by atoms with Crippen molar-refractivity contribution >= 4 is 11.4 Å². The van der Waals surface area contributed by atoms with E-state index in [0.717, 1.165) is 0 Å². The topological polar surface area (TPSA) is 52.0 Å². The maximum Gasteiger partial charge on any atom is 0.146 e. The Morgan fingerprint density at radius 1 is 0.812 bits per heavy atom. The molecule has 2 aromatic carbocycles. The van der Waals surface area contributed by atoms with Gasteiger partial charge in [0.25, 0.3) is 0 Å². The maximum absolute atomic E-state index is 13.5. The molecule has 0 fully saturated rings. The van der Waals surface area contributed by atoms with Crippen LogP contribution in [0.1, 0.15) is 0 Å². The fourth-order valence-corrected chi connectivity index (χ4v) is 1.46. The zero-order valence-electron chi connectivity index (χ0n) is 8.37. The van der Waals surface area contributed by atoms with Crippen molar-refractivity contribution in [2.45, 2.75) is 0 Å². The van der Waals surface area contributed by atoms with Gasteiger partial charge in [-0.25, -0.2) is 8.78 Å². The Morgan fingerprint density at radius 2 is 1.56 bits per heavy atom. The van der Waals surface area contributed by atoms with Crippen molar-refractivity contribution in [3.05, 3.63) is 48.0 Å². The predicted molar refractivity (Wildman–Crippen MR) is 60.6 cm³/mol. The first-order valence-electron chi connectivity index (χ1n) is 4.68. The smallest absolute Gasteiger partial charge is 0.146 e. The molecule has 2 rings (SSSR count). The van der Waals surface area contributed by atoms with Crippen LogP contribution in [-0.2, 0) is 0 Å². The molecule has 0 saturated carbocycles. The molecule has 0 atom stereocenters. The van der Waals surface area contributed by atoms with Crippen LogP contribution in [0.4, 0.5) is 20.2 Å². The lowest BCUT2D eigenvalue weighted by Crippen LogP contribution is -1.93. The molecule has 2 nitrogen and oxygen atoms in total. The monoisotopic (exact) mass is 220 g/mol. The molecule has 0 saturated heterocycles. The quantitative estimate of drug-likeness (QED) is 0.726. The summed E-state index contributed by atoms with van der Waals surface area (Å²) >= 11 is 0. The number of rotatable bonds is 1. The Labute approximate surface area is 91.5 Å². The molecular formula is C12H10F2N2. The van der Waals surface area contributed by atoms with E-state index in [4.69, 9.17) is 11.5 Å². The second kappa shape index (κ2) is 3.81. The summed E-state index contributed by atoms with van der Waals surface area (Å²) in [6.45, 7) is 0. The first kappa shape index (κ1) is 10.4. The third-order valence-electron chi connectivity index (χ3n) is 2.30. The molecule has 0 unspecified atom stereocenters. The van der Waals surface area contributed by atoms with Gasteiger partial charge in [-0.05, 0) is 35.9 Å². The fraction of sp³-hybridized carbons (Fsp3) is 0. The molecule has 16 heavy (non-hydrogen) atoms. The summed E-state index contributed by atoms with van der Waals surface area (Å²) in [7, 11) is 0. The van der Waals surface area contributed by atoms with Crippen LogP contribution < -0.4 is 11.5 Å². The largest absolute Gasteiger partial charge is 0.399 e. The lowest BCUT2D eigenvalue weighted by Gasteiger charge is -2.05. The van der Waals surface area contributed by atoms with Gasteiger partial charge in [0.1, 0.15) is 11.6 Å². The molecule has 0 aliphatic heterocycles. The zero-order chi connectivity index (χ0) is 11.7. The number of anilines is 2. The van der Waals surface area contributed by atoms with Gasteiger partial charge in [0.15, 0.2) is 0 Å². The van der Waals surface area contributed by atoms with Gasteiger partial charge < -0.3 is 11.5 Å². The van der Waals surface area contributed by atoms with Crippen molar-refractivity contribution in [1.82, 2.24) is 0 Å². The van der Waals surface area contributed by atoms with Crippen molar-refractivity contribution < 1.29 is 8.78 Å². The number of hydrogen-bond acceptors (Lipinski definition) is 2. The molecule has 82 valence electrons. The van der Waals surface area contributed by atoms with Crippen LogP contribution in [0.2, 0.25) is 0 Å². The number of nitrogen functional groups attached to an aromatic ring is 2. The summed E-state index contributed by atoms with van der Waals surface area (Å²) in [5, 5.41) is 0. The highest BCUT2D eigenvalue weighted by molar-refractivity contribution is 5.68. The van der Waals surface area contributed by atoms with E-state index in [1.807, 2.05) is 0 Å². The molecule has 0 bridgehead atoms. The van der Waals surface area contributed by atoms with Gasteiger partial charge in [-0.3, -0.25) is 0 Å². The van der Waals surface area contributed by atoms with Gasteiger partial charge in [-0.2, -0.15) is 0 Å². The van der Waals surface area contributed by atoms with Crippen LogP contribution in [0.3, 0.4) is 0 Å². The molecular weight excluding hydrogens is 210 g/mol. The summed E-state index contributed by atoms with van der Waals surface area (Å²) in [6.07, 6.45) is 0. The molecule has 0 aromatic heterocycles. The third-order valence-corrected chi connectivity index (χ3v) is 2.30. The average Bonchev–Trinajstić information content (AvgIpc) is 2.22. The van der Waals surface area contributed by atoms with Crippen LogP contribution in [-0.4, -0.2) is 0 Å². The van der Waals surface area contributed by atoms with E-state index in [0.29, 0.717) is 16.8 Å². The zero-order valence-corrected chi connectivity index (χ0v) is 8.37. The van der Waals surface area contributed by atoms with Crippen molar-refractivity contribution in [3.8, 4) is 11.1 Å². The normalized spacial score (nSPS) is 10.4. The lowest BCUT2D eigenvalue weighted by molar-refractivity contribution is 0.627. The van der Waals surface area contributed by atoms with Crippen molar-refractivity contribution in [3.63, 3.8) is 0 Å². The summed E-state index contributed by atoms with van der Waals surface area (Å²) in [6, 6.07) is 8.43. The number of hydrogen-bond donors (Lipinski definition) is 2. The molecule has 0 heterocycles. The summed E-state index contributed by atoms with van der Waals surface area (Å²) in [5.74, 6) is -1.04. The second-order valence-electron chi connectivity index (χ2n) is 3.48. The van der Waals surface area contributed by atoms with E-state index in [9.17, 15) is 8.78 Å². The lowest BCUT2D eigenvalue weighted by atomic mass is 10.0. The highest BCUT2D eigenvalue weighted by atomic mass is 19.1. The number of halogens is 2. The molecule has 4 N–H and O–H groups in total. The Balaban J connectivity index is 2.54. The Kier molecular flexibility index (Phi) is 2.48.